The largest absolute Gasteiger partial charge is 0.351 e. The Labute approximate surface area is 171 Å². The maximum absolute atomic E-state index is 13.1. The summed E-state index contributed by atoms with van der Waals surface area (Å²) < 4.78 is 39.8. The lowest BCUT2D eigenvalue weighted by Gasteiger charge is -2.36. The first kappa shape index (κ1) is 21.4. The van der Waals surface area contributed by atoms with Crippen molar-refractivity contribution in [3.05, 3.63) is 65.5 Å². The highest BCUT2D eigenvalue weighted by Crippen LogP contribution is 2.19. The van der Waals surface area contributed by atoms with Crippen LogP contribution in [-0.4, -0.2) is 55.8 Å². The molecule has 0 saturated carbocycles. The molecule has 1 heterocycles. The highest BCUT2D eigenvalue weighted by molar-refractivity contribution is 7.89. The molecule has 1 amide bonds. The second kappa shape index (κ2) is 9.02. The van der Waals surface area contributed by atoms with E-state index in [1.165, 1.54) is 22.0 Å². The highest BCUT2D eigenvalue weighted by Gasteiger charge is 2.31. The summed E-state index contributed by atoms with van der Waals surface area (Å²) >= 11 is 0. The van der Waals surface area contributed by atoms with Crippen LogP contribution in [0.25, 0.3) is 0 Å². The Morgan fingerprint density at radius 1 is 1.03 bits per heavy atom. The van der Waals surface area contributed by atoms with Gasteiger partial charge in [0.1, 0.15) is 5.82 Å². The fraction of sp³-hybridized carbons (Fsp3) is 0.381. The third kappa shape index (κ3) is 5.20. The number of hydrogen-bond acceptors (Lipinski definition) is 4. The number of aryl methyl sites for hydroxylation is 1. The summed E-state index contributed by atoms with van der Waals surface area (Å²) in [5.74, 6) is -0.556. The van der Waals surface area contributed by atoms with Crippen LogP contribution < -0.4 is 5.32 Å². The van der Waals surface area contributed by atoms with E-state index in [1.807, 2.05) is 43.0 Å². The molecule has 0 radical (unpaired) electrons. The summed E-state index contributed by atoms with van der Waals surface area (Å²) in [6, 6.07) is 12.5. The zero-order valence-corrected chi connectivity index (χ0v) is 17.5. The van der Waals surface area contributed by atoms with Crippen LogP contribution in [0.15, 0.2) is 53.4 Å². The molecular formula is C21H26FN3O3S. The van der Waals surface area contributed by atoms with E-state index in [9.17, 15) is 17.6 Å². The van der Waals surface area contributed by atoms with E-state index in [0.29, 0.717) is 19.6 Å². The second-order valence-corrected chi connectivity index (χ2v) is 9.21. The van der Waals surface area contributed by atoms with E-state index in [0.717, 1.165) is 17.7 Å². The summed E-state index contributed by atoms with van der Waals surface area (Å²) in [5.41, 5.74) is 2.20. The molecule has 0 aromatic heterocycles. The Bertz CT molecular complexity index is 938. The number of carbonyl (C=O) groups is 1. The van der Waals surface area contributed by atoms with Crippen molar-refractivity contribution in [3.63, 3.8) is 0 Å². The number of hydrogen-bond donors (Lipinski definition) is 1. The van der Waals surface area contributed by atoms with Gasteiger partial charge in [0.2, 0.25) is 15.9 Å². The quantitative estimate of drug-likeness (QED) is 0.779. The molecule has 0 spiro atoms. The molecule has 8 heteroatoms. The van der Waals surface area contributed by atoms with Crippen molar-refractivity contribution in [1.29, 1.82) is 0 Å². The molecule has 1 fully saturated rings. The molecule has 29 heavy (non-hydrogen) atoms. The first-order valence-electron chi connectivity index (χ1n) is 9.60. The standard InChI is InChI=1S/C21H26FN3O3S/c1-16-3-5-18(6-4-16)15-23-21(26)17(2)24-11-13-25(14-12-24)29(27,28)20-9-7-19(22)8-10-20/h3-10,17H,11-15H2,1-2H3,(H,23,26)/t17-/m0/s1. The molecule has 1 aliphatic heterocycles. The Balaban J connectivity index is 1.53. The van der Waals surface area contributed by atoms with Crippen LogP contribution in [0.2, 0.25) is 0 Å². The smallest absolute Gasteiger partial charge is 0.243 e. The summed E-state index contributed by atoms with van der Waals surface area (Å²) in [6.45, 7) is 5.79. The lowest BCUT2D eigenvalue weighted by molar-refractivity contribution is -0.126. The maximum Gasteiger partial charge on any atom is 0.243 e. The van der Waals surface area contributed by atoms with Crippen LogP contribution in [0.5, 0.6) is 0 Å². The first-order chi connectivity index (χ1) is 13.8. The van der Waals surface area contributed by atoms with Crippen LogP contribution in [0.3, 0.4) is 0 Å². The van der Waals surface area contributed by atoms with Gasteiger partial charge in [0.15, 0.2) is 0 Å². The number of sulfonamides is 1. The number of nitrogens with one attached hydrogen (secondary N) is 1. The number of rotatable bonds is 6. The summed E-state index contributed by atoms with van der Waals surface area (Å²) in [6.07, 6.45) is 0. The van der Waals surface area contributed by atoms with E-state index in [4.69, 9.17) is 0 Å². The highest BCUT2D eigenvalue weighted by atomic mass is 32.2. The molecule has 0 bridgehead atoms. The first-order valence-corrected chi connectivity index (χ1v) is 11.0. The van der Waals surface area contributed by atoms with Crippen molar-refractivity contribution in [2.45, 2.75) is 31.3 Å². The second-order valence-electron chi connectivity index (χ2n) is 7.27. The Kier molecular flexibility index (Phi) is 6.66. The van der Waals surface area contributed by atoms with E-state index < -0.39 is 15.8 Å². The lowest BCUT2D eigenvalue weighted by Crippen LogP contribution is -2.54. The molecule has 1 N–H and O–H groups in total. The Morgan fingerprint density at radius 2 is 1.62 bits per heavy atom. The number of benzene rings is 2. The molecule has 1 aliphatic rings. The minimum absolute atomic E-state index is 0.0799. The van der Waals surface area contributed by atoms with Gasteiger partial charge in [-0.1, -0.05) is 29.8 Å². The fourth-order valence-corrected chi connectivity index (χ4v) is 4.72. The van der Waals surface area contributed by atoms with E-state index in [2.05, 4.69) is 5.32 Å². The van der Waals surface area contributed by atoms with E-state index in [1.54, 1.807) is 0 Å². The third-order valence-electron chi connectivity index (χ3n) is 5.24. The summed E-state index contributed by atoms with van der Waals surface area (Å²) in [4.78, 5) is 14.5. The third-order valence-corrected chi connectivity index (χ3v) is 7.15. The number of amides is 1. The molecule has 2 aromatic rings. The van der Waals surface area contributed by atoms with Crippen molar-refractivity contribution in [1.82, 2.24) is 14.5 Å². The molecule has 3 rings (SSSR count). The van der Waals surface area contributed by atoms with Crippen molar-refractivity contribution in [3.8, 4) is 0 Å². The summed E-state index contributed by atoms with van der Waals surface area (Å²) in [7, 11) is -3.66. The van der Waals surface area contributed by atoms with Gasteiger partial charge in [-0.05, 0) is 43.7 Å². The number of piperazine rings is 1. The maximum atomic E-state index is 13.1. The Hall–Kier alpha value is -2.29. The SMILES string of the molecule is Cc1ccc(CNC(=O)[C@H](C)N2CCN(S(=O)(=O)c3ccc(F)cc3)CC2)cc1. The van der Waals surface area contributed by atoms with Gasteiger partial charge >= 0.3 is 0 Å². The fourth-order valence-electron chi connectivity index (χ4n) is 3.30. The minimum atomic E-state index is -3.66. The van der Waals surface area contributed by atoms with Gasteiger partial charge in [-0.3, -0.25) is 9.69 Å². The molecular weight excluding hydrogens is 393 g/mol. The van der Waals surface area contributed by atoms with Crippen molar-refractivity contribution >= 4 is 15.9 Å². The van der Waals surface area contributed by atoms with Gasteiger partial charge in [-0.2, -0.15) is 4.31 Å². The predicted octanol–water partition coefficient (Wildman–Crippen LogP) is 2.15. The van der Waals surface area contributed by atoms with Crippen LogP contribution in [0, 0.1) is 12.7 Å². The molecule has 0 unspecified atom stereocenters. The molecule has 1 atom stereocenters. The lowest BCUT2D eigenvalue weighted by atomic mass is 10.1. The predicted molar refractivity (Wildman–Crippen MR) is 109 cm³/mol. The molecule has 2 aromatic carbocycles. The van der Waals surface area contributed by atoms with Gasteiger partial charge in [0.25, 0.3) is 0 Å². The van der Waals surface area contributed by atoms with Crippen LogP contribution >= 0.6 is 0 Å². The van der Waals surface area contributed by atoms with Crippen molar-refractivity contribution < 1.29 is 17.6 Å². The topological polar surface area (TPSA) is 69.7 Å². The molecule has 156 valence electrons. The zero-order chi connectivity index (χ0) is 21.0. The zero-order valence-electron chi connectivity index (χ0n) is 16.6. The molecule has 6 nitrogen and oxygen atoms in total. The van der Waals surface area contributed by atoms with Gasteiger partial charge < -0.3 is 5.32 Å². The van der Waals surface area contributed by atoms with Crippen LogP contribution in [-0.2, 0) is 21.4 Å². The van der Waals surface area contributed by atoms with Crippen LogP contribution in [0.4, 0.5) is 4.39 Å². The van der Waals surface area contributed by atoms with Gasteiger partial charge in [0.05, 0.1) is 10.9 Å². The monoisotopic (exact) mass is 419 g/mol. The number of nitrogens with zero attached hydrogens (tertiary/aromatic N) is 2. The number of halogens is 1. The van der Waals surface area contributed by atoms with E-state index >= 15 is 0 Å². The molecule has 0 aliphatic carbocycles. The minimum Gasteiger partial charge on any atom is -0.351 e. The number of carbonyl (C=O) groups excluding carboxylic acids is 1. The Morgan fingerprint density at radius 3 is 2.21 bits per heavy atom. The van der Waals surface area contributed by atoms with Gasteiger partial charge in [-0.25, -0.2) is 12.8 Å². The normalized spacial score (nSPS) is 17.1. The van der Waals surface area contributed by atoms with E-state index in [-0.39, 0.29) is 29.9 Å². The van der Waals surface area contributed by atoms with Crippen LogP contribution in [0.1, 0.15) is 18.1 Å². The van der Waals surface area contributed by atoms with Gasteiger partial charge in [0, 0.05) is 32.7 Å². The molecule has 1 saturated heterocycles. The van der Waals surface area contributed by atoms with Crippen molar-refractivity contribution in [2.24, 2.45) is 0 Å². The average Bonchev–Trinajstić information content (AvgIpc) is 2.73. The summed E-state index contributed by atoms with van der Waals surface area (Å²) in [5, 5.41) is 2.94. The van der Waals surface area contributed by atoms with Crippen molar-refractivity contribution in [2.75, 3.05) is 26.2 Å². The average molecular weight is 420 g/mol. The van der Waals surface area contributed by atoms with Gasteiger partial charge in [-0.15, -0.1) is 0 Å².